The normalized spacial score (nSPS) is 11.9. The maximum absolute atomic E-state index is 11.7. The molecule has 0 spiro atoms. The van der Waals surface area contributed by atoms with Gasteiger partial charge < -0.3 is 4.74 Å². The monoisotopic (exact) mass is 273 g/mol. The van der Waals surface area contributed by atoms with E-state index >= 15 is 0 Å². The van der Waals surface area contributed by atoms with Crippen LogP contribution in [0.5, 0.6) is 0 Å². The van der Waals surface area contributed by atoms with Gasteiger partial charge in [0, 0.05) is 12.1 Å². The van der Waals surface area contributed by atoms with Crippen LogP contribution in [0.15, 0.2) is 30.9 Å². The van der Waals surface area contributed by atoms with Crippen molar-refractivity contribution in [2.75, 3.05) is 13.7 Å². The summed E-state index contributed by atoms with van der Waals surface area (Å²) < 4.78 is 4.72. The zero-order valence-corrected chi connectivity index (χ0v) is 10.9. The molecule has 0 heterocycles. The van der Waals surface area contributed by atoms with Gasteiger partial charge in [-0.2, -0.15) is 0 Å². The van der Waals surface area contributed by atoms with Crippen LogP contribution in [0.4, 0.5) is 0 Å². The van der Waals surface area contributed by atoms with Gasteiger partial charge in [0.25, 0.3) is 0 Å². The molecule has 17 heavy (non-hydrogen) atoms. The van der Waals surface area contributed by atoms with Gasteiger partial charge in [0.05, 0.1) is 17.2 Å². The largest absolute Gasteiger partial charge is 0.468 e. The topological polar surface area (TPSA) is 38.3 Å². The average molecular weight is 274 g/mol. The third-order valence-corrected chi connectivity index (χ3v) is 3.03. The highest BCUT2D eigenvalue weighted by Gasteiger charge is 2.23. The van der Waals surface area contributed by atoms with E-state index in [2.05, 4.69) is 11.9 Å². The van der Waals surface area contributed by atoms with Gasteiger partial charge in [0.1, 0.15) is 6.04 Å². The molecule has 0 saturated carbocycles. The van der Waals surface area contributed by atoms with E-state index in [-0.39, 0.29) is 0 Å². The number of carbonyl (C=O) groups excluding carboxylic acids is 1. The zero-order valence-electron chi connectivity index (χ0n) is 9.37. The number of rotatable bonds is 5. The van der Waals surface area contributed by atoms with Crippen molar-refractivity contribution in [1.29, 1.82) is 0 Å². The van der Waals surface area contributed by atoms with Crippen LogP contribution in [0, 0.1) is 0 Å². The number of methoxy groups -OCH3 is 1. The molecule has 3 nitrogen and oxygen atoms in total. The Balaban J connectivity index is 3.07. The summed E-state index contributed by atoms with van der Waals surface area (Å²) in [5, 5.41) is 3.72. The summed E-state index contributed by atoms with van der Waals surface area (Å²) in [5.41, 5.74) is 0.591. The number of ether oxygens (including phenoxy) is 1. The second kappa shape index (κ2) is 6.64. The lowest BCUT2D eigenvalue weighted by atomic mass is 10.1. The summed E-state index contributed by atoms with van der Waals surface area (Å²) in [6.45, 7) is 4.04. The first-order valence-electron chi connectivity index (χ1n) is 4.97. The molecule has 1 aromatic rings. The number of halogens is 2. The number of hydrogen-bond acceptors (Lipinski definition) is 3. The van der Waals surface area contributed by atoms with E-state index in [9.17, 15) is 4.79 Å². The van der Waals surface area contributed by atoms with Crippen LogP contribution in [0.25, 0.3) is 0 Å². The SMILES string of the molecule is C=CCNC(C(=O)OC)c1cccc(Cl)c1Cl. The van der Waals surface area contributed by atoms with E-state index in [0.717, 1.165) is 0 Å². The summed E-state index contributed by atoms with van der Waals surface area (Å²) in [4.78, 5) is 11.7. The van der Waals surface area contributed by atoms with Crippen LogP contribution in [-0.4, -0.2) is 19.6 Å². The lowest BCUT2D eigenvalue weighted by Crippen LogP contribution is -2.30. The second-order valence-corrected chi connectivity index (χ2v) is 4.08. The van der Waals surface area contributed by atoms with Crippen molar-refractivity contribution in [3.8, 4) is 0 Å². The minimum atomic E-state index is -0.649. The molecule has 1 N–H and O–H groups in total. The Labute approximate surface area is 110 Å². The Bertz CT molecular complexity index is 421. The van der Waals surface area contributed by atoms with Gasteiger partial charge in [0.15, 0.2) is 0 Å². The number of nitrogens with one attached hydrogen (secondary N) is 1. The first-order valence-corrected chi connectivity index (χ1v) is 5.73. The van der Waals surface area contributed by atoms with E-state index in [0.29, 0.717) is 22.2 Å². The van der Waals surface area contributed by atoms with Gasteiger partial charge in [-0.1, -0.05) is 41.4 Å². The van der Waals surface area contributed by atoms with E-state index in [1.807, 2.05) is 0 Å². The fourth-order valence-electron chi connectivity index (χ4n) is 1.38. The highest BCUT2D eigenvalue weighted by Crippen LogP contribution is 2.30. The predicted octanol–water partition coefficient (Wildman–Crippen LogP) is 2.98. The summed E-state index contributed by atoms with van der Waals surface area (Å²) in [7, 11) is 1.32. The standard InChI is InChI=1S/C12H13Cl2NO2/c1-3-7-15-11(12(16)17-2)8-5-4-6-9(13)10(8)14/h3-6,11,15H,1,7H2,2H3. The molecule has 1 rings (SSSR count). The van der Waals surface area contributed by atoms with Crippen LogP contribution >= 0.6 is 23.2 Å². The minimum absolute atomic E-state index is 0.348. The molecular formula is C12H13Cl2NO2. The summed E-state index contributed by atoms with van der Waals surface area (Å²) >= 11 is 12.0. The van der Waals surface area contributed by atoms with Crippen molar-refractivity contribution in [1.82, 2.24) is 5.32 Å². The van der Waals surface area contributed by atoms with Gasteiger partial charge in [-0.05, 0) is 6.07 Å². The maximum atomic E-state index is 11.7. The molecule has 0 fully saturated rings. The van der Waals surface area contributed by atoms with Crippen molar-refractivity contribution >= 4 is 29.2 Å². The number of benzene rings is 1. The molecule has 0 aliphatic carbocycles. The Morgan fingerprint density at radius 3 is 2.88 bits per heavy atom. The highest BCUT2D eigenvalue weighted by molar-refractivity contribution is 6.42. The number of hydrogen-bond donors (Lipinski definition) is 1. The predicted molar refractivity (Wildman–Crippen MR) is 69.4 cm³/mol. The molecule has 5 heteroatoms. The average Bonchev–Trinajstić information content (AvgIpc) is 2.34. The Morgan fingerprint density at radius 1 is 1.59 bits per heavy atom. The van der Waals surface area contributed by atoms with Gasteiger partial charge in [-0.15, -0.1) is 6.58 Å². The zero-order chi connectivity index (χ0) is 12.8. The Morgan fingerprint density at radius 2 is 2.29 bits per heavy atom. The molecule has 0 aromatic heterocycles. The Kier molecular flexibility index (Phi) is 5.48. The van der Waals surface area contributed by atoms with Crippen LogP contribution in [0.2, 0.25) is 10.0 Å². The molecular weight excluding hydrogens is 261 g/mol. The lowest BCUT2D eigenvalue weighted by molar-refractivity contribution is -0.143. The Hall–Kier alpha value is -1.03. The lowest BCUT2D eigenvalue weighted by Gasteiger charge is -2.17. The fraction of sp³-hybridized carbons (Fsp3) is 0.250. The van der Waals surface area contributed by atoms with Crippen molar-refractivity contribution < 1.29 is 9.53 Å². The molecule has 1 aromatic carbocycles. The maximum Gasteiger partial charge on any atom is 0.327 e. The quantitative estimate of drug-likeness (QED) is 0.662. The molecule has 0 radical (unpaired) electrons. The highest BCUT2D eigenvalue weighted by atomic mass is 35.5. The van der Waals surface area contributed by atoms with E-state index < -0.39 is 12.0 Å². The molecule has 0 amide bonds. The van der Waals surface area contributed by atoms with Crippen molar-refractivity contribution in [3.05, 3.63) is 46.5 Å². The molecule has 92 valence electrons. The summed E-state index contributed by atoms with van der Waals surface area (Å²) in [6, 6.07) is 4.47. The van der Waals surface area contributed by atoms with E-state index in [1.165, 1.54) is 7.11 Å². The van der Waals surface area contributed by atoms with E-state index in [1.54, 1.807) is 24.3 Å². The van der Waals surface area contributed by atoms with Gasteiger partial charge in [-0.25, -0.2) is 4.79 Å². The van der Waals surface area contributed by atoms with Crippen LogP contribution in [-0.2, 0) is 9.53 Å². The number of carbonyl (C=O) groups is 1. The molecule has 1 atom stereocenters. The molecule has 0 saturated heterocycles. The summed E-state index contributed by atoms with van der Waals surface area (Å²) in [5.74, 6) is -0.420. The van der Waals surface area contributed by atoms with Gasteiger partial charge in [0.2, 0.25) is 0 Å². The van der Waals surface area contributed by atoms with Crippen molar-refractivity contribution in [3.63, 3.8) is 0 Å². The van der Waals surface area contributed by atoms with Gasteiger partial charge in [-0.3, -0.25) is 5.32 Å². The molecule has 0 aliphatic rings. The molecule has 0 aliphatic heterocycles. The second-order valence-electron chi connectivity index (χ2n) is 3.30. The smallest absolute Gasteiger partial charge is 0.327 e. The van der Waals surface area contributed by atoms with Crippen molar-refractivity contribution in [2.24, 2.45) is 0 Å². The number of esters is 1. The molecule has 0 bridgehead atoms. The van der Waals surface area contributed by atoms with Gasteiger partial charge >= 0.3 is 5.97 Å². The summed E-state index contributed by atoms with van der Waals surface area (Å²) in [6.07, 6.45) is 1.65. The van der Waals surface area contributed by atoms with Crippen molar-refractivity contribution in [2.45, 2.75) is 6.04 Å². The molecule has 1 unspecified atom stereocenters. The third-order valence-electron chi connectivity index (χ3n) is 2.20. The van der Waals surface area contributed by atoms with E-state index in [4.69, 9.17) is 27.9 Å². The first kappa shape index (κ1) is 14.0. The van der Waals surface area contributed by atoms with Crippen LogP contribution < -0.4 is 5.32 Å². The minimum Gasteiger partial charge on any atom is -0.468 e. The third kappa shape index (κ3) is 3.46. The van der Waals surface area contributed by atoms with Crippen LogP contribution in [0.3, 0.4) is 0 Å². The van der Waals surface area contributed by atoms with Crippen LogP contribution in [0.1, 0.15) is 11.6 Å². The fourth-order valence-corrected chi connectivity index (χ4v) is 1.80. The first-order chi connectivity index (χ1) is 8.11.